The number of nitrogens with zero attached hydrogens (tertiary/aromatic N) is 4. The largest absolute Gasteiger partial charge is 0.481 e. The number of aryl methyl sites for hydroxylation is 1. The molecule has 3 amide bonds. The number of aliphatic hydroxyl groups is 1. The van der Waals surface area contributed by atoms with E-state index >= 15 is 0 Å². The van der Waals surface area contributed by atoms with Crippen molar-refractivity contribution in [2.45, 2.75) is 76.8 Å². The molecule has 210 valence electrons. The molecular weight excluding hydrogens is 506 g/mol. The second-order valence-electron chi connectivity index (χ2n) is 10.2. The van der Waals surface area contributed by atoms with Crippen LogP contribution in [0.1, 0.15) is 49.9 Å². The Kier molecular flexibility index (Phi) is 8.60. The monoisotopic (exact) mass is 541 g/mol. The molecule has 0 saturated carbocycles. The number of hydrogen-bond acceptors (Lipinski definition) is 8. The highest BCUT2D eigenvalue weighted by atomic mass is 16.4. The molecule has 2 aliphatic rings. The fourth-order valence-corrected chi connectivity index (χ4v) is 5.39. The molecule has 1 aromatic carbocycles. The van der Waals surface area contributed by atoms with Gasteiger partial charge in [-0.05, 0) is 36.9 Å². The Morgan fingerprint density at radius 1 is 1.28 bits per heavy atom. The zero-order valence-corrected chi connectivity index (χ0v) is 22.3. The highest BCUT2D eigenvalue weighted by molar-refractivity contribution is 6.08. The Bertz CT molecular complexity index is 1220. The molecule has 0 spiro atoms. The van der Waals surface area contributed by atoms with Gasteiger partial charge in [0.15, 0.2) is 0 Å². The summed E-state index contributed by atoms with van der Waals surface area (Å²) in [7, 11) is 1.50. The van der Waals surface area contributed by atoms with Crippen LogP contribution in [0.25, 0.3) is 0 Å². The van der Waals surface area contributed by atoms with E-state index in [2.05, 4.69) is 26.0 Å². The first-order valence-corrected chi connectivity index (χ1v) is 13.1. The first kappa shape index (κ1) is 28.2. The van der Waals surface area contributed by atoms with Gasteiger partial charge in [0.25, 0.3) is 0 Å². The van der Waals surface area contributed by atoms with Crippen LogP contribution in [0.3, 0.4) is 0 Å². The molecule has 0 radical (unpaired) electrons. The van der Waals surface area contributed by atoms with Crippen LogP contribution in [0.15, 0.2) is 24.4 Å². The van der Waals surface area contributed by atoms with Gasteiger partial charge in [0.1, 0.15) is 24.0 Å². The average molecular weight is 542 g/mol. The summed E-state index contributed by atoms with van der Waals surface area (Å²) in [6.07, 6.45) is 1.38. The summed E-state index contributed by atoms with van der Waals surface area (Å²) in [5.41, 5.74) is 3.09. The molecule has 1 aromatic heterocycles. The number of rotatable bonds is 11. The van der Waals surface area contributed by atoms with E-state index < -0.39 is 42.7 Å². The van der Waals surface area contributed by atoms with Crippen molar-refractivity contribution in [2.24, 2.45) is 5.92 Å². The highest BCUT2D eigenvalue weighted by Gasteiger charge is 2.44. The molecule has 3 heterocycles. The number of aromatic amines is 1. The van der Waals surface area contributed by atoms with Crippen LogP contribution in [-0.2, 0) is 38.6 Å². The van der Waals surface area contributed by atoms with Crippen LogP contribution in [0.4, 0.5) is 5.69 Å². The molecule has 5 N–H and O–H groups in total. The van der Waals surface area contributed by atoms with Crippen molar-refractivity contribution in [1.82, 2.24) is 30.9 Å². The molecule has 0 fully saturated rings. The van der Waals surface area contributed by atoms with Gasteiger partial charge in [0.2, 0.25) is 17.7 Å². The van der Waals surface area contributed by atoms with Crippen molar-refractivity contribution in [3.8, 4) is 0 Å². The number of amides is 3. The zero-order valence-electron chi connectivity index (χ0n) is 22.3. The standard InChI is InChI=1S/C26H35N7O6/c1-4-14(2)22(32(3)20(34)11-21(35)36)25(38)29-18-9-8-15-6-5-7-16-10-19(33(23(15)16)26(18)39)24(37)27-12-17-13-28-31-30-17/h5-7,13-14,18-20,22,34H,4,8-12H2,1-3H3,(H,27,37)(H,29,38)(H,35,36)(H,28,30,31)/t14-,18-,19-,20?,22-/m0/s1. The Hall–Kier alpha value is -3.84. The van der Waals surface area contributed by atoms with Gasteiger partial charge in [-0.15, -0.1) is 0 Å². The van der Waals surface area contributed by atoms with Crippen LogP contribution in [0.2, 0.25) is 0 Å². The normalized spacial score (nSPS) is 20.6. The first-order valence-electron chi connectivity index (χ1n) is 13.1. The predicted molar refractivity (Wildman–Crippen MR) is 139 cm³/mol. The SMILES string of the molecule is CC[C@H](C)[C@@H](C(=O)N[C@H]1CCc2cccc3c2N(C1=O)[C@H](C(=O)NCc1cn[nH]n1)C3)N(C)C(O)CC(=O)O. The summed E-state index contributed by atoms with van der Waals surface area (Å²) in [4.78, 5) is 54.7. The molecule has 0 aliphatic carbocycles. The third-order valence-corrected chi connectivity index (χ3v) is 7.65. The Labute approximate surface area is 225 Å². The molecule has 13 heteroatoms. The number of para-hydroxylation sites is 1. The van der Waals surface area contributed by atoms with E-state index in [0.717, 1.165) is 11.1 Å². The number of aliphatic hydroxyl groups excluding tert-OH is 1. The number of hydrogen-bond donors (Lipinski definition) is 5. The number of anilines is 1. The fourth-order valence-electron chi connectivity index (χ4n) is 5.39. The maximum atomic E-state index is 13.9. The molecule has 13 nitrogen and oxygen atoms in total. The van der Waals surface area contributed by atoms with Gasteiger partial charge in [-0.2, -0.15) is 15.4 Å². The van der Waals surface area contributed by atoms with E-state index in [1.807, 2.05) is 32.0 Å². The molecule has 1 unspecified atom stereocenters. The van der Waals surface area contributed by atoms with Crippen molar-refractivity contribution >= 4 is 29.4 Å². The Balaban J connectivity index is 1.56. The van der Waals surface area contributed by atoms with E-state index in [1.54, 1.807) is 0 Å². The number of carboxylic acids is 1. The Morgan fingerprint density at radius 2 is 2.03 bits per heavy atom. The molecule has 5 atom stereocenters. The highest BCUT2D eigenvalue weighted by Crippen LogP contribution is 2.39. The van der Waals surface area contributed by atoms with Crippen LogP contribution in [0.5, 0.6) is 0 Å². The minimum atomic E-state index is -1.37. The van der Waals surface area contributed by atoms with Gasteiger partial charge in [-0.3, -0.25) is 29.0 Å². The van der Waals surface area contributed by atoms with E-state index in [-0.39, 0.29) is 24.3 Å². The number of H-pyrrole nitrogens is 1. The van der Waals surface area contributed by atoms with Crippen LogP contribution in [-0.4, -0.2) is 85.6 Å². The summed E-state index contributed by atoms with van der Waals surface area (Å²) in [5, 5.41) is 35.4. The first-order chi connectivity index (χ1) is 18.6. The van der Waals surface area contributed by atoms with Crippen molar-refractivity contribution in [3.63, 3.8) is 0 Å². The van der Waals surface area contributed by atoms with Gasteiger partial charge in [-0.1, -0.05) is 38.5 Å². The summed E-state index contributed by atoms with van der Waals surface area (Å²) in [6, 6.07) is 3.18. The summed E-state index contributed by atoms with van der Waals surface area (Å²) in [6.45, 7) is 3.88. The minimum absolute atomic E-state index is 0.152. The second kappa shape index (κ2) is 11.9. The third-order valence-electron chi connectivity index (χ3n) is 7.65. The van der Waals surface area contributed by atoms with Crippen molar-refractivity contribution < 1.29 is 29.4 Å². The molecule has 0 saturated heterocycles. The van der Waals surface area contributed by atoms with Crippen molar-refractivity contribution in [1.29, 1.82) is 0 Å². The van der Waals surface area contributed by atoms with Crippen LogP contribution < -0.4 is 15.5 Å². The van der Waals surface area contributed by atoms with Gasteiger partial charge in [0.05, 0.1) is 30.9 Å². The smallest absolute Gasteiger partial charge is 0.307 e. The maximum Gasteiger partial charge on any atom is 0.307 e. The lowest BCUT2D eigenvalue weighted by molar-refractivity contribution is -0.147. The van der Waals surface area contributed by atoms with E-state index in [9.17, 15) is 24.3 Å². The van der Waals surface area contributed by atoms with E-state index in [0.29, 0.717) is 37.1 Å². The van der Waals surface area contributed by atoms with Gasteiger partial charge in [0, 0.05) is 6.42 Å². The molecule has 4 rings (SSSR count). The number of benzene rings is 1. The summed E-state index contributed by atoms with van der Waals surface area (Å²) >= 11 is 0. The second-order valence-corrected chi connectivity index (χ2v) is 10.2. The molecular formula is C26H35N7O6. The average Bonchev–Trinajstić information content (AvgIpc) is 3.54. The number of likely N-dealkylation sites (N-methyl/N-ethyl adjacent to an activating group) is 1. The Morgan fingerprint density at radius 3 is 2.69 bits per heavy atom. The third kappa shape index (κ3) is 5.93. The minimum Gasteiger partial charge on any atom is -0.481 e. The molecule has 2 aliphatic heterocycles. The van der Waals surface area contributed by atoms with E-state index in [1.165, 1.54) is 23.0 Å². The lowest BCUT2D eigenvalue weighted by Crippen LogP contribution is -2.58. The number of nitrogens with one attached hydrogen (secondary N) is 3. The van der Waals surface area contributed by atoms with Crippen LogP contribution >= 0.6 is 0 Å². The maximum absolute atomic E-state index is 13.9. The summed E-state index contributed by atoms with van der Waals surface area (Å²) in [5.74, 6) is -2.62. The molecule has 2 aromatic rings. The fraction of sp³-hybridized carbons (Fsp3) is 0.538. The van der Waals surface area contributed by atoms with Crippen molar-refractivity contribution in [2.75, 3.05) is 11.9 Å². The number of carboxylic acid groups (broad SMARTS) is 1. The van der Waals surface area contributed by atoms with Crippen molar-refractivity contribution in [3.05, 3.63) is 41.2 Å². The van der Waals surface area contributed by atoms with Crippen LogP contribution in [0, 0.1) is 5.92 Å². The number of carbonyl (C=O) groups is 4. The van der Waals surface area contributed by atoms with E-state index in [4.69, 9.17) is 5.11 Å². The van der Waals surface area contributed by atoms with Gasteiger partial charge >= 0.3 is 5.97 Å². The lowest BCUT2D eigenvalue weighted by atomic mass is 9.95. The predicted octanol–water partition coefficient (Wildman–Crippen LogP) is -0.0506. The summed E-state index contributed by atoms with van der Waals surface area (Å²) < 4.78 is 0. The molecule has 39 heavy (non-hydrogen) atoms. The molecule has 0 bridgehead atoms. The number of aliphatic carboxylic acids is 1. The zero-order chi connectivity index (χ0) is 28.3. The number of aromatic nitrogens is 3. The quantitative estimate of drug-likeness (QED) is 0.244. The lowest BCUT2D eigenvalue weighted by Gasteiger charge is -2.35. The number of carbonyl (C=O) groups excluding carboxylic acids is 3. The van der Waals surface area contributed by atoms with Gasteiger partial charge in [-0.25, -0.2) is 0 Å². The van der Waals surface area contributed by atoms with Gasteiger partial charge < -0.3 is 20.8 Å². The topological polar surface area (TPSA) is 181 Å².